The molecule has 1 unspecified atom stereocenters. The van der Waals surface area contributed by atoms with Gasteiger partial charge in [0.1, 0.15) is 12.4 Å². The summed E-state index contributed by atoms with van der Waals surface area (Å²) in [5.41, 5.74) is 0.761. The first-order valence-electron chi connectivity index (χ1n) is 12.4. The fraction of sp³-hybridized carbons (Fsp3) is 0.556. The first-order chi connectivity index (χ1) is 17.0. The summed E-state index contributed by atoms with van der Waals surface area (Å²) in [6.07, 6.45) is -0.0546. The number of aryl methyl sites for hydroxylation is 1. The molecule has 198 valence electrons. The second-order valence-corrected chi connectivity index (χ2v) is 10.2. The van der Waals surface area contributed by atoms with E-state index >= 15 is 0 Å². The van der Waals surface area contributed by atoms with Crippen LogP contribution < -0.4 is 19.5 Å². The topological polar surface area (TPSA) is 99.8 Å². The van der Waals surface area contributed by atoms with Gasteiger partial charge in [-0.1, -0.05) is 6.92 Å². The summed E-state index contributed by atoms with van der Waals surface area (Å²) >= 11 is 0. The number of hydrogen-bond acceptors (Lipinski definition) is 8. The number of aromatic amines is 1. The van der Waals surface area contributed by atoms with Crippen molar-refractivity contribution in [3.8, 4) is 17.4 Å². The van der Waals surface area contributed by atoms with Gasteiger partial charge < -0.3 is 29.0 Å². The van der Waals surface area contributed by atoms with Crippen LogP contribution >= 0.6 is 0 Å². The lowest BCUT2D eigenvalue weighted by Gasteiger charge is -2.23. The number of rotatable bonds is 13. The van der Waals surface area contributed by atoms with E-state index in [9.17, 15) is 0 Å². The minimum atomic E-state index is -0.193. The molecule has 0 spiro atoms. The van der Waals surface area contributed by atoms with Crippen molar-refractivity contribution >= 4 is 22.4 Å². The predicted molar refractivity (Wildman–Crippen MR) is 142 cm³/mol. The highest BCUT2D eigenvalue weighted by Crippen LogP contribution is 2.38. The molecule has 9 heteroatoms. The van der Waals surface area contributed by atoms with Crippen molar-refractivity contribution in [3.05, 3.63) is 30.0 Å². The lowest BCUT2D eigenvalue weighted by Crippen LogP contribution is -2.25. The van der Waals surface area contributed by atoms with Crippen LogP contribution in [-0.4, -0.2) is 60.4 Å². The highest BCUT2D eigenvalue weighted by Gasteiger charge is 2.18. The number of benzene rings is 1. The van der Waals surface area contributed by atoms with Crippen LogP contribution in [0.3, 0.4) is 0 Å². The van der Waals surface area contributed by atoms with Gasteiger partial charge in [0.05, 0.1) is 31.5 Å². The standard InChI is InChI=1S/C27H40N4O5/c1-17(2)36-26-21-14-23(33-10-9-32-8)22(34-15-18(3)16-35-27(5,6)7)12-20(21)13-24(29-26)28-25-11-19(4)30-31-25/h11-14,17-18H,9-10,15-16H2,1-8H3,(H2,28,29,30,31). The number of nitrogens with zero attached hydrogens (tertiary/aromatic N) is 2. The summed E-state index contributed by atoms with van der Waals surface area (Å²) in [6.45, 7) is 16.1. The van der Waals surface area contributed by atoms with Gasteiger partial charge in [-0.2, -0.15) is 10.1 Å². The SMILES string of the molecule is COCCOc1cc2c(OC(C)C)nc(Nc3cc(C)[nH]n3)cc2cc1OCC(C)COC(C)(C)C. The van der Waals surface area contributed by atoms with Crippen molar-refractivity contribution < 1.29 is 23.7 Å². The lowest BCUT2D eigenvalue weighted by atomic mass is 10.1. The molecule has 0 saturated carbocycles. The average molecular weight is 501 g/mol. The molecule has 2 N–H and O–H groups in total. The number of H-pyrrole nitrogens is 1. The van der Waals surface area contributed by atoms with Crippen LogP contribution in [0.15, 0.2) is 24.3 Å². The number of anilines is 2. The van der Waals surface area contributed by atoms with Gasteiger partial charge in [-0.15, -0.1) is 0 Å². The van der Waals surface area contributed by atoms with E-state index in [2.05, 4.69) is 22.4 Å². The smallest absolute Gasteiger partial charge is 0.223 e. The molecule has 0 radical (unpaired) electrons. The van der Waals surface area contributed by atoms with Crippen molar-refractivity contribution in [1.29, 1.82) is 0 Å². The average Bonchev–Trinajstić information content (AvgIpc) is 3.20. The number of ether oxygens (including phenoxy) is 5. The fourth-order valence-electron chi connectivity index (χ4n) is 3.35. The molecule has 36 heavy (non-hydrogen) atoms. The van der Waals surface area contributed by atoms with E-state index in [1.54, 1.807) is 7.11 Å². The lowest BCUT2D eigenvalue weighted by molar-refractivity contribution is -0.0259. The molecule has 0 aliphatic rings. The van der Waals surface area contributed by atoms with Gasteiger partial charge in [0, 0.05) is 30.2 Å². The van der Waals surface area contributed by atoms with Crippen LogP contribution in [0.4, 0.5) is 11.6 Å². The predicted octanol–water partition coefficient (Wildman–Crippen LogP) is 5.65. The summed E-state index contributed by atoms with van der Waals surface area (Å²) in [7, 11) is 1.64. The molecule has 0 amide bonds. The van der Waals surface area contributed by atoms with E-state index in [1.807, 2.05) is 65.8 Å². The van der Waals surface area contributed by atoms with E-state index in [-0.39, 0.29) is 17.6 Å². The van der Waals surface area contributed by atoms with E-state index in [0.717, 1.165) is 16.5 Å². The Hall–Kier alpha value is -3.04. The van der Waals surface area contributed by atoms with Gasteiger partial charge in [0.2, 0.25) is 5.88 Å². The first kappa shape index (κ1) is 27.5. The molecule has 0 fully saturated rings. The van der Waals surface area contributed by atoms with E-state index in [4.69, 9.17) is 28.7 Å². The Balaban J connectivity index is 1.94. The van der Waals surface area contributed by atoms with Crippen molar-refractivity contribution in [2.75, 3.05) is 38.9 Å². The minimum absolute atomic E-state index is 0.0546. The number of fused-ring (bicyclic) bond motifs is 1. The van der Waals surface area contributed by atoms with Crippen LogP contribution in [0, 0.1) is 12.8 Å². The maximum atomic E-state index is 6.24. The second kappa shape index (κ2) is 12.3. The Labute approximate surface area is 213 Å². The first-order valence-corrected chi connectivity index (χ1v) is 12.4. The molecular weight excluding hydrogens is 460 g/mol. The normalized spacial score (nSPS) is 12.7. The Bertz CT molecular complexity index is 1120. The molecule has 9 nitrogen and oxygen atoms in total. The minimum Gasteiger partial charge on any atom is -0.489 e. The number of aromatic nitrogens is 3. The van der Waals surface area contributed by atoms with E-state index < -0.39 is 0 Å². The molecule has 0 aliphatic carbocycles. The maximum Gasteiger partial charge on any atom is 0.223 e. The van der Waals surface area contributed by atoms with Crippen molar-refractivity contribution in [2.24, 2.45) is 5.92 Å². The molecule has 1 aromatic carbocycles. The molecule has 0 aliphatic heterocycles. The van der Waals surface area contributed by atoms with Crippen LogP contribution in [0.5, 0.6) is 17.4 Å². The summed E-state index contributed by atoms with van der Waals surface area (Å²) < 4.78 is 29.4. The Morgan fingerprint density at radius 1 is 0.944 bits per heavy atom. The summed E-state index contributed by atoms with van der Waals surface area (Å²) in [5.74, 6) is 3.26. The highest BCUT2D eigenvalue weighted by molar-refractivity contribution is 5.92. The quantitative estimate of drug-likeness (QED) is 0.290. The third-order valence-electron chi connectivity index (χ3n) is 5.04. The molecular formula is C27H40N4O5. The zero-order chi connectivity index (χ0) is 26.3. The van der Waals surface area contributed by atoms with E-state index in [0.29, 0.717) is 55.4 Å². The molecule has 2 heterocycles. The Kier molecular flexibility index (Phi) is 9.39. The third kappa shape index (κ3) is 8.27. The van der Waals surface area contributed by atoms with Gasteiger partial charge in [-0.05, 0) is 65.1 Å². The van der Waals surface area contributed by atoms with Gasteiger partial charge in [0.25, 0.3) is 0 Å². The van der Waals surface area contributed by atoms with Crippen LogP contribution in [-0.2, 0) is 9.47 Å². The van der Waals surface area contributed by atoms with Crippen molar-refractivity contribution in [1.82, 2.24) is 15.2 Å². The Morgan fingerprint density at radius 3 is 2.33 bits per heavy atom. The van der Waals surface area contributed by atoms with Crippen LogP contribution in [0.25, 0.3) is 10.8 Å². The van der Waals surface area contributed by atoms with Gasteiger partial charge in [-0.25, -0.2) is 0 Å². The molecule has 3 rings (SSSR count). The Morgan fingerprint density at radius 2 is 1.69 bits per heavy atom. The maximum absolute atomic E-state index is 6.24. The van der Waals surface area contributed by atoms with Crippen LogP contribution in [0.1, 0.15) is 47.2 Å². The summed E-state index contributed by atoms with van der Waals surface area (Å²) in [6, 6.07) is 7.75. The second-order valence-electron chi connectivity index (χ2n) is 10.2. The fourth-order valence-corrected chi connectivity index (χ4v) is 3.35. The molecule has 0 bridgehead atoms. The monoisotopic (exact) mass is 500 g/mol. The molecule has 1 atom stereocenters. The molecule has 0 saturated heterocycles. The number of pyridine rings is 1. The molecule has 2 aromatic heterocycles. The zero-order valence-electron chi connectivity index (χ0n) is 22.7. The van der Waals surface area contributed by atoms with E-state index in [1.165, 1.54) is 0 Å². The van der Waals surface area contributed by atoms with Gasteiger partial charge in [0.15, 0.2) is 17.3 Å². The number of methoxy groups -OCH3 is 1. The summed E-state index contributed by atoms with van der Waals surface area (Å²) in [5, 5.41) is 12.2. The van der Waals surface area contributed by atoms with Crippen molar-refractivity contribution in [3.63, 3.8) is 0 Å². The van der Waals surface area contributed by atoms with Crippen LogP contribution in [0.2, 0.25) is 0 Å². The third-order valence-corrected chi connectivity index (χ3v) is 5.04. The highest BCUT2D eigenvalue weighted by atomic mass is 16.5. The van der Waals surface area contributed by atoms with Crippen molar-refractivity contribution in [2.45, 2.75) is 60.2 Å². The molecule has 3 aromatic rings. The van der Waals surface area contributed by atoms with Gasteiger partial charge in [-0.3, -0.25) is 5.10 Å². The number of hydrogen-bond donors (Lipinski definition) is 2. The zero-order valence-corrected chi connectivity index (χ0v) is 22.7. The van der Waals surface area contributed by atoms with Gasteiger partial charge >= 0.3 is 0 Å². The largest absolute Gasteiger partial charge is 0.489 e. The number of nitrogens with one attached hydrogen (secondary N) is 2. The summed E-state index contributed by atoms with van der Waals surface area (Å²) in [4.78, 5) is 4.71.